The maximum absolute atomic E-state index is 13.9. The molecule has 1 aliphatic carbocycles. The fourth-order valence-electron chi connectivity index (χ4n) is 5.63. The largest absolute Gasteiger partial charge is 0.427 e. The van der Waals surface area contributed by atoms with Crippen molar-refractivity contribution in [3.63, 3.8) is 0 Å². The Balaban J connectivity index is 1.39. The summed E-state index contributed by atoms with van der Waals surface area (Å²) in [6, 6.07) is 5.93. The van der Waals surface area contributed by atoms with E-state index in [0.717, 1.165) is 12.1 Å². The number of nitrogens with one attached hydrogen (secondary N) is 2. The number of ether oxygens (including phenoxy) is 1. The Morgan fingerprint density at radius 1 is 1.10 bits per heavy atom. The number of carbonyl (C=O) groups excluding carboxylic acids is 4. The van der Waals surface area contributed by atoms with Crippen molar-refractivity contribution < 1.29 is 41.5 Å². The standard InChI is InChI=1S/C26H24F4N4O5/c1-31-23(37)32-17-6-7-18-15(12-17)10-11-25(18)22(36)33(24(38)39-25)13-21(35)34-19(8-9-20(34)26(28,29)30)14-2-4-16(27)5-3-14/h2-7,12,19-20H,8-11,13H2,1H3,(H2,31,32,37)/t19-,20+,25?/m1/s1. The SMILES string of the molecule is CNC(=O)Nc1ccc2c(c1)CCC21OC(=O)N(CC(=O)N2[C@@H](c3ccc(F)cc3)CC[C@H]2C(F)(F)F)C1=O. The number of nitrogens with zero attached hydrogens (tertiary/aromatic N) is 2. The van der Waals surface area contributed by atoms with Gasteiger partial charge in [-0.1, -0.05) is 18.2 Å². The highest BCUT2D eigenvalue weighted by atomic mass is 19.4. The van der Waals surface area contributed by atoms with Crippen molar-refractivity contribution in [1.82, 2.24) is 15.1 Å². The zero-order valence-electron chi connectivity index (χ0n) is 20.7. The Labute approximate surface area is 220 Å². The molecule has 1 unspecified atom stereocenters. The zero-order chi connectivity index (χ0) is 28.1. The molecule has 2 heterocycles. The second-order valence-corrected chi connectivity index (χ2v) is 9.67. The minimum absolute atomic E-state index is 0.0241. The van der Waals surface area contributed by atoms with Crippen molar-refractivity contribution in [3.8, 4) is 0 Å². The number of alkyl halides is 3. The molecular weight excluding hydrogens is 524 g/mol. The molecule has 0 saturated carbocycles. The summed E-state index contributed by atoms with van der Waals surface area (Å²) < 4.78 is 60.5. The first kappa shape index (κ1) is 26.4. The summed E-state index contributed by atoms with van der Waals surface area (Å²) in [4.78, 5) is 52.4. The molecule has 39 heavy (non-hydrogen) atoms. The topological polar surface area (TPSA) is 108 Å². The maximum atomic E-state index is 13.9. The third-order valence-corrected chi connectivity index (χ3v) is 7.44. The third-order valence-electron chi connectivity index (χ3n) is 7.44. The quantitative estimate of drug-likeness (QED) is 0.562. The van der Waals surface area contributed by atoms with Gasteiger partial charge in [-0.05, 0) is 54.7 Å². The van der Waals surface area contributed by atoms with E-state index in [1.54, 1.807) is 6.07 Å². The molecule has 206 valence electrons. The average Bonchev–Trinajstić information content (AvgIpc) is 3.56. The van der Waals surface area contributed by atoms with Crippen LogP contribution in [-0.4, -0.2) is 59.5 Å². The van der Waals surface area contributed by atoms with Crippen LogP contribution in [-0.2, 0) is 26.3 Å². The van der Waals surface area contributed by atoms with Crippen molar-refractivity contribution in [1.29, 1.82) is 0 Å². The number of anilines is 1. The highest BCUT2D eigenvalue weighted by Crippen LogP contribution is 2.47. The summed E-state index contributed by atoms with van der Waals surface area (Å²) in [5, 5.41) is 5.02. The summed E-state index contributed by atoms with van der Waals surface area (Å²) >= 11 is 0. The number of benzene rings is 2. The van der Waals surface area contributed by atoms with Crippen molar-refractivity contribution in [3.05, 3.63) is 65.0 Å². The van der Waals surface area contributed by atoms with Crippen molar-refractivity contribution in [2.45, 2.75) is 49.5 Å². The molecule has 2 aliphatic heterocycles. The van der Waals surface area contributed by atoms with E-state index in [2.05, 4.69) is 10.6 Å². The Hall–Kier alpha value is -4.16. The van der Waals surface area contributed by atoms with Gasteiger partial charge in [0.2, 0.25) is 11.5 Å². The lowest BCUT2D eigenvalue weighted by Gasteiger charge is -2.32. The number of imide groups is 1. The first-order valence-corrected chi connectivity index (χ1v) is 12.2. The molecule has 5 amide bonds. The maximum Gasteiger partial charge on any atom is 0.418 e. The molecule has 2 saturated heterocycles. The number of fused-ring (bicyclic) bond motifs is 2. The fourth-order valence-corrected chi connectivity index (χ4v) is 5.63. The molecule has 0 bridgehead atoms. The van der Waals surface area contributed by atoms with E-state index in [1.165, 1.54) is 31.3 Å². The molecule has 9 nitrogen and oxygen atoms in total. The Kier molecular flexibility index (Phi) is 6.47. The molecule has 0 radical (unpaired) electrons. The van der Waals surface area contributed by atoms with E-state index < -0.39 is 60.2 Å². The monoisotopic (exact) mass is 548 g/mol. The highest BCUT2D eigenvalue weighted by Gasteiger charge is 2.59. The fraction of sp³-hybridized carbons (Fsp3) is 0.385. The summed E-state index contributed by atoms with van der Waals surface area (Å²) in [5.74, 6) is -2.49. The molecule has 3 aliphatic rings. The first-order chi connectivity index (χ1) is 18.4. The van der Waals surface area contributed by atoms with Crippen LogP contribution in [0.5, 0.6) is 0 Å². The average molecular weight is 548 g/mol. The number of rotatable bonds is 4. The Bertz CT molecular complexity index is 1350. The summed E-state index contributed by atoms with van der Waals surface area (Å²) in [6.07, 6.45) is -5.87. The van der Waals surface area contributed by atoms with Crippen LogP contribution in [0, 0.1) is 5.82 Å². The molecular formula is C26H24F4N4O5. The number of likely N-dealkylation sites (tertiary alicyclic amines) is 1. The predicted octanol–water partition coefficient (Wildman–Crippen LogP) is 3.99. The number of halogens is 4. The van der Waals surface area contributed by atoms with Gasteiger partial charge in [-0.15, -0.1) is 0 Å². The molecule has 2 aromatic carbocycles. The van der Waals surface area contributed by atoms with Gasteiger partial charge in [0.1, 0.15) is 18.4 Å². The van der Waals surface area contributed by atoms with Crippen LogP contribution in [0.1, 0.15) is 42.0 Å². The third kappa shape index (κ3) is 4.55. The van der Waals surface area contributed by atoms with E-state index in [0.29, 0.717) is 38.6 Å². The minimum Gasteiger partial charge on any atom is -0.427 e. The van der Waals surface area contributed by atoms with Gasteiger partial charge in [0.25, 0.3) is 5.91 Å². The number of hydrogen-bond donors (Lipinski definition) is 2. The summed E-state index contributed by atoms with van der Waals surface area (Å²) in [6.45, 7) is -0.935. The van der Waals surface area contributed by atoms with Crippen molar-refractivity contribution in [2.24, 2.45) is 0 Å². The van der Waals surface area contributed by atoms with Crippen LogP contribution in [0.25, 0.3) is 0 Å². The van der Waals surface area contributed by atoms with Gasteiger partial charge in [-0.3, -0.25) is 9.59 Å². The molecule has 2 N–H and O–H groups in total. The Morgan fingerprint density at radius 3 is 2.49 bits per heavy atom. The van der Waals surface area contributed by atoms with E-state index in [1.807, 2.05) is 0 Å². The van der Waals surface area contributed by atoms with Crippen LogP contribution >= 0.6 is 0 Å². The number of carbonyl (C=O) groups is 4. The van der Waals surface area contributed by atoms with E-state index in [-0.39, 0.29) is 19.3 Å². The summed E-state index contributed by atoms with van der Waals surface area (Å²) in [7, 11) is 1.45. The molecule has 13 heteroatoms. The van der Waals surface area contributed by atoms with E-state index in [4.69, 9.17) is 4.74 Å². The van der Waals surface area contributed by atoms with Crippen LogP contribution < -0.4 is 10.6 Å². The first-order valence-electron chi connectivity index (χ1n) is 12.2. The molecule has 1 spiro atoms. The second kappa shape index (κ2) is 9.54. The van der Waals surface area contributed by atoms with Crippen molar-refractivity contribution >= 4 is 29.6 Å². The Morgan fingerprint density at radius 2 is 1.82 bits per heavy atom. The molecule has 2 fully saturated rings. The van der Waals surface area contributed by atoms with Gasteiger partial charge in [0, 0.05) is 24.7 Å². The molecule has 5 rings (SSSR count). The van der Waals surface area contributed by atoms with Gasteiger partial charge in [0.05, 0.1) is 6.04 Å². The van der Waals surface area contributed by atoms with Gasteiger partial charge in [-0.2, -0.15) is 13.2 Å². The minimum atomic E-state index is -4.74. The van der Waals surface area contributed by atoms with Crippen LogP contribution in [0.3, 0.4) is 0 Å². The predicted molar refractivity (Wildman–Crippen MR) is 128 cm³/mol. The van der Waals surface area contributed by atoms with Crippen LogP contribution in [0.4, 0.5) is 32.8 Å². The van der Waals surface area contributed by atoms with Gasteiger partial charge < -0.3 is 20.3 Å². The number of urea groups is 1. The van der Waals surface area contributed by atoms with Gasteiger partial charge >= 0.3 is 18.3 Å². The van der Waals surface area contributed by atoms with Gasteiger partial charge in [0.15, 0.2) is 0 Å². The smallest absolute Gasteiger partial charge is 0.418 e. The number of hydrogen-bond acceptors (Lipinski definition) is 5. The zero-order valence-corrected chi connectivity index (χ0v) is 20.7. The van der Waals surface area contributed by atoms with Crippen LogP contribution in [0.15, 0.2) is 42.5 Å². The molecule has 0 aromatic heterocycles. The van der Waals surface area contributed by atoms with Crippen molar-refractivity contribution in [2.75, 3.05) is 18.9 Å². The van der Waals surface area contributed by atoms with Crippen LogP contribution in [0.2, 0.25) is 0 Å². The molecule has 3 atom stereocenters. The summed E-state index contributed by atoms with van der Waals surface area (Å²) in [5.41, 5.74) is 0.0912. The second-order valence-electron chi connectivity index (χ2n) is 9.67. The highest BCUT2D eigenvalue weighted by molar-refractivity contribution is 6.06. The number of amides is 5. The normalized spacial score (nSPS) is 24.2. The van der Waals surface area contributed by atoms with E-state index >= 15 is 0 Å². The molecule has 2 aromatic rings. The lowest BCUT2D eigenvalue weighted by atomic mass is 9.94. The van der Waals surface area contributed by atoms with E-state index in [9.17, 15) is 36.7 Å². The number of aryl methyl sites for hydroxylation is 1. The lowest BCUT2D eigenvalue weighted by Crippen LogP contribution is -2.50. The van der Waals surface area contributed by atoms with Gasteiger partial charge in [-0.25, -0.2) is 18.9 Å². The lowest BCUT2D eigenvalue weighted by molar-refractivity contribution is -0.186.